The number of aliphatic carboxylic acids is 1. The molecule has 1 aromatic rings. The van der Waals surface area contributed by atoms with Crippen LogP contribution in [-0.4, -0.2) is 90.3 Å². The van der Waals surface area contributed by atoms with Crippen molar-refractivity contribution in [1.29, 1.82) is 5.26 Å². The molecule has 1 heterocycles. The number of benzene rings is 1. The average molecular weight is 492 g/mol. The Labute approximate surface area is 204 Å². The molecule has 186 valence electrons. The third-order valence-corrected chi connectivity index (χ3v) is 6.96. The zero-order valence-electron chi connectivity index (χ0n) is 19.8. The highest BCUT2D eigenvalue weighted by atomic mass is 32.2. The second-order valence-electron chi connectivity index (χ2n) is 8.03. The number of carbonyl (C=O) groups excluding carboxylic acids is 2. The van der Waals surface area contributed by atoms with E-state index < -0.39 is 11.9 Å². The summed E-state index contributed by atoms with van der Waals surface area (Å²) in [6, 6.07) is 9.17. The Morgan fingerprint density at radius 3 is 2.76 bits per heavy atom. The fourth-order valence-electron chi connectivity index (χ4n) is 3.62. The Bertz CT molecular complexity index is 893. The van der Waals surface area contributed by atoms with Crippen LogP contribution in [0.2, 0.25) is 0 Å². The van der Waals surface area contributed by atoms with Gasteiger partial charge in [0.15, 0.2) is 0 Å². The molecule has 2 rings (SSSR count). The van der Waals surface area contributed by atoms with Gasteiger partial charge in [-0.15, -0.1) is 11.8 Å². The average Bonchev–Trinajstić information content (AvgIpc) is 3.09. The molecule has 0 spiro atoms. The van der Waals surface area contributed by atoms with Gasteiger partial charge in [0.25, 0.3) is 0 Å². The number of thioether (sulfide) groups is 1. The first-order valence-corrected chi connectivity index (χ1v) is 12.1. The van der Waals surface area contributed by atoms with Gasteiger partial charge in [-0.2, -0.15) is 5.26 Å². The van der Waals surface area contributed by atoms with Gasteiger partial charge in [-0.05, 0) is 38.6 Å². The zero-order valence-corrected chi connectivity index (χ0v) is 20.6. The number of amides is 2. The summed E-state index contributed by atoms with van der Waals surface area (Å²) >= 11 is 1.42. The van der Waals surface area contributed by atoms with Gasteiger partial charge in [-0.1, -0.05) is 6.07 Å². The summed E-state index contributed by atoms with van der Waals surface area (Å²) in [5, 5.41) is 23.8. The highest BCUT2D eigenvalue weighted by molar-refractivity contribution is 8.01. The summed E-state index contributed by atoms with van der Waals surface area (Å²) in [5.74, 6) is -2.44. The number of nitrogens with one attached hydrogen (secondary N) is 2. The van der Waals surface area contributed by atoms with E-state index in [0.717, 1.165) is 5.69 Å². The summed E-state index contributed by atoms with van der Waals surface area (Å²) in [4.78, 5) is 39.7. The summed E-state index contributed by atoms with van der Waals surface area (Å²) in [6.07, 6.45) is 0.671. The van der Waals surface area contributed by atoms with E-state index in [1.54, 1.807) is 18.1 Å². The molecule has 3 atom stereocenters. The molecule has 1 saturated heterocycles. The van der Waals surface area contributed by atoms with Crippen LogP contribution in [0.25, 0.3) is 0 Å². The molecule has 3 unspecified atom stereocenters. The summed E-state index contributed by atoms with van der Waals surface area (Å²) in [7, 11) is 3.47. The molecule has 0 bridgehead atoms. The molecule has 34 heavy (non-hydrogen) atoms. The second kappa shape index (κ2) is 13.8. The first-order valence-electron chi connectivity index (χ1n) is 11.2. The molecule has 1 aromatic carbocycles. The van der Waals surface area contributed by atoms with Gasteiger partial charge in [-0.25, -0.2) is 0 Å². The van der Waals surface area contributed by atoms with Crippen molar-refractivity contribution in [3.05, 3.63) is 24.3 Å². The van der Waals surface area contributed by atoms with Crippen LogP contribution in [0.3, 0.4) is 0 Å². The standard InChI is InChI=1S/C23H33N5O5S/c1-4-28-21(12-16(14-24)23(31)32)34-19(22(28)30)8-9-25-17-6-5-7-18(13-17)26-20(29)15-27(2)10-11-33-3/h5-7,13,16,19,21,25H,4,8-12,15H2,1-3H3,(H,26,29)(H,31,32). The molecule has 0 aromatic heterocycles. The molecule has 1 fully saturated rings. The molecule has 10 nitrogen and oxygen atoms in total. The number of carboxylic acids is 1. The maximum atomic E-state index is 12.7. The molecular weight excluding hydrogens is 458 g/mol. The quantitative estimate of drug-likeness (QED) is 0.357. The number of methoxy groups -OCH3 is 1. The highest BCUT2D eigenvalue weighted by Crippen LogP contribution is 2.36. The number of nitrogens with zero attached hydrogens (tertiary/aromatic N) is 3. The van der Waals surface area contributed by atoms with Gasteiger partial charge < -0.3 is 25.4 Å². The van der Waals surface area contributed by atoms with E-state index in [-0.39, 0.29) is 35.4 Å². The maximum absolute atomic E-state index is 12.7. The minimum Gasteiger partial charge on any atom is -0.480 e. The van der Waals surface area contributed by atoms with Gasteiger partial charge >= 0.3 is 5.97 Å². The van der Waals surface area contributed by atoms with Crippen LogP contribution in [-0.2, 0) is 19.1 Å². The predicted molar refractivity (Wildman–Crippen MR) is 131 cm³/mol. The summed E-state index contributed by atoms with van der Waals surface area (Å²) in [5.41, 5.74) is 1.50. The van der Waals surface area contributed by atoms with Crippen LogP contribution < -0.4 is 10.6 Å². The number of hydrogen-bond acceptors (Lipinski definition) is 8. The number of carboxylic acid groups (broad SMARTS) is 1. The third kappa shape index (κ3) is 8.20. The van der Waals surface area contributed by atoms with Crippen LogP contribution in [0.15, 0.2) is 24.3 Å². The molecule has 0 saturated carbocycles. The van der Waals surface area contributed by atoms with Gasteiger partial charge in [0, 0.05) is 44.5 Å². The van der Waals surface area contributed by atoms with E-state index in [9.17, 15) is 14.4 Å². The number of nitriles is 1. The highest BCUT2D eigenvalue weighted by Gasteiger charge is 2.40. The number of rotatable bonds is 14. The van der Waals surface area contributed by atoms with Gasteiger partial charge in [-0.3, -0.25) is 19.3 Å². The Hall–Kier alpha value is -2.81. The lowest BCUT2D eigenvalue weighted by atomic mass is 10.1. The van der Waals surface area contributed by atoms with Crippen molar-refractivity contribution in [3.8, 4) is 6.07 Å². The maximum Gasteiger partial charge on any atom is 0.321 e. The number of carbonyl (C=O) groups is 3. The smallest absolute Gasteiger partial charge is 0.321 e. The van der Waals surface area contributed by atoms with E-state index in [2.05, 4.69) is 10.6 Å². The van der Waals surface area contributed by atoms with Crippen molar-refractivity contribution in [2.24, 2.45) is 5.92 Å². The van der Waals surface area contributed by atoms with E-state index in [0.29, 0.717) is 38.3 Å². The van der Waals surface area contributed by atoms with Crippen molar-refractivity contribution in [2.45, 2.75) is 30.4 Å². The zero-order chi connectivity index (χ0) is 25.1. The van der Waals surface area contributed by atoms with Crippen molar-refractivity contribution >= 4 is 40.9 Å². The molecule has 1 aliphatic rings. The fraction of sp³-hybridized carbons (Fsp3) is 0.565. The molecule has 2 amide bonds. The molecule has 0 aliphatic carbocycles. The van der Waals surface area contributed by atoms with E-state index >= 15 is 0 Å². The van der Waals surface area contributed by atoms with Crippen LogP contribution in [0.4, 0.5) is 11.4 Å². The number of ether oxygens (including phenoxy) is 1. The lowest BCUT2D eigenvalue weighted by Crippen LogP contribution is -2.36. The molecule has 0 radical (unpaired) electrons. The van der Waals surface area contributed by atoms with Gasteiger partial charge in [0.1, 0.15) is 5.92 Å². The Balaban J connectivity index is 1.86. The SMILES string of the molecule is CCN1C(=O)C(CCNc2cccc(NC(=O)CN(C)CCOC)c2)SC1CC(C#N)C(=O)O. The summed E-state index contributed by atoms with van der Waals surface area (Å²) < 4.78 is 5.02. The third-order valence-electron chi connectivity index (χ3n) is 5.43. The van der Waals surface area contributed by atoms with Gasteiger partial charge in [0.2, 0.25) is 11.8 Å². The van der Waals surface area contributed by atoms with Crippen molar-refractivity contribution < 1.29 is 24.2 Å². The van der Waals surface area contributed by atoms with Crippen molar-refractivity contribution in [1.82, 2.24) is 9.80 Å². The summed E-state index contributed by atoms with van der Waals surface area (Å²) in [6.45, 7) is 4.33. The molecular formula is C23H33N5O5S. The normalized spacial score (nSPS) is 18.6. The molecule has 3 N–H and O–H groups in total. The minimum absolute atomic E-state index is 0.0278. The van der Waals surface area contributed by atoms with E-state index in [1.165, 1.54) is 11.8 Å². The number of likely N-dealkylation sites (N-methyl/N-ethyl adjacent to an activating group) is 1. The van der Waals surface area contributed by atoms with Crippen LogP contribution in [0.5, 0.6) is 0 Å². The Kier molecular flexibility index (Phi) is 11.1. The second-order valence-corrected chi connectivity index (χ2v) is 9.42. The van der Waals surface area contributed by atoms with Crippen LogP contribution in [0.1, 0.15) is 19.8 Å². The topological polar surface area (TPSA) is 135 Å². The number of anilines is 2. The van der Waals surface area contributed by atoms with E-state index in [4.69, 9.17) is 15.1 Å². The van der Waals surface area contributed by atoms with Crippen molar-refractivity contribution in [2.75, 3.05) is 57.6 Å². The Morgan fingerprint density at radius 2 is 2.12 bits per heavy atom. The monoisotopic (exact) mass is 491 g/mol. The first-order chi connectivity index (χ1) is 16.3. The van der Waals surface area contributed by atoms with E-state index in [1.807, 2.05) is 43.1 Å². The van der Waals surface area contributed by atoms with Crippen molar-refractivity contribution in [3.63, 3.8) is 0 Å². The largest absolute Gasteiger partial charge is 0.480 e. The molecule has 1 aliphatic heterocycles. The molecule has 11 heteroatoms. The lowest BCUT2D eigenvalue weighted by Gasteiger charge is -2.22. The first kappa shape index (κ1) is 27.4. The van der Waals surface area contributed by atoms with Crippen LogP contribution in [0, 0.1) is 17.2 Å². The van der Waals surface area contributed by atoms with Crippen LogP contribution >= 0.6 is 11.8 Å². The predicted octanol–water partition coefficient (Wildman–Crippen LogP) is 1.91. The fourth-order valence-corrected chi connectivity index (χ4v) is 5.21. The van der Waals surface area contributed by atoms with Gasteiger partial charge in [0.05, 0.1) is 29.8 Å². The minimum atomic E-state index is -1.16. The lowest BCUT2D eigenvalue weighted by molar-refractivity contribution is -0.141. The Morgan fingerprint density at radius 1 is 1.38 bits per heavy atom. The number of hydrogen-bond donors (Lipinski definition) is 3.